The molecular formula is C54H42B3N. The van der Waals surface area contributed by atoms with Crippen LogP contribution in [0, 0.1) is 0 Å². The number of nitrogens with zero attached hydrogens (tertiary/aromatic N) is 1. The van der Waals surface area contributed by atoms with Gasteiger partial charge >= 0.3 is 0 Å². The van der Waals surface area contributed by atoms with Gasteiger partial charge in [-0.25, -0.2) is 0 Å². The van der Waals surface area contributed by atoms with Gasteiger partial charge in [0.1, 0.15) is 23.5 Å². The second-order valence-electron chi connectivity index (χ2n) is 17.1. The first-order chi connectivity index (χ1) is 28.3. The SMILES string of the molecule is BC(B)=C(B)c1cccc(-c2ccc(N(c3ccc4c(c3)C(C)(C)c3ccccc3-4)c3ccc4c(c3)C3(c5ccccc5-c5ccccc53)c3ccccc3-4)cc2)c1. The van der Waals surface area contributed by atoms with Crippen molar-refractivity contribution in [2.45, 2.75) is 24.7 Å². The first kappa shape index (κ1) is 34.7. The summed E-state index contributed by atoms with van der Waals surface area (Å²) in [7, 11) is 6.59. The Hall–Kier alpha value is -6.51. The monoisotopic (exact) mass is 737 g/mol. The van der Waals surface area contributed by atoms with Crippen LogP contribution in [0.25, 0.3) is 50.0 Å². The third kappa shape index (κ3) is 4.81. The van der Waals surface area contributed by atoms with Gasteiger partial charge in [-0.05, 0) is 126 Å². The molecule has 58 heavy (non-hydrogen) atoms. The quantitative estimate of drug-likeness (QED) is 0.159. The van der Waals surface area contributed by atoms with Gasteiger partial charge in [-0.15, -0.1) is 5.47 Å². The molecule has 0 aromatic heterocycles. The lowest BCUT2D eigenvalue weighted by Crippen LogP contribution is -2.26. The average molecular weight is 737 g/mol. The van der Waals surface area contributed by atoms with Gasteiger partial charge in [0.2, 0.25) is 0 Å². The fourth-order valence-corrected chi connectivity index (χ4v) is 10.5. The van der Waals surface area contributed by atoms with Crippen molar-refractivity contribution in [2.75, 3.05) is 4.90 Å². The fourth-order valence-electron chi connectivity index (χ4n) is 10.5. The zero-order valence-electron chi connectivity index (χ0n) is 33.8. The smallest absolute Gasteiger partial charge is 0.137 e. The van der Waals surface area contributed by atoms with E-state index in [0.717, 1.165) is 17.1 Å². The highest BCUT2D eigenvalue weighted by Crippen LogP contribution is 2.63. The van der Waals surface area contributed by atoms with Gasteiger partial charge in [0, 0.05) is 22.5 Å². The molecule has 0 saturated carbocycles. The van der Waals surface area contributed by atoms with Crippen LogP contribution in [-0.2, 0) is 10.8 Å². The summed E-state index contributed by atoms with van der Waals surface area (Å²) in [6.07, 6.45) is 0. The van der Waals surface area contributed by atoms with Crippen LogP contribution in [0.2, 0.25) is 0 Å². The van der Waals surface area contributed by atoms with Crippen LogP contribution in [0.5, 0.6) is 0 Å². The van der Waals surface area contributed by atoms with E-state index in [1.807, 2.05) is 0 Å². The molecule has 272 valence electrons. The summed E-state index contributed by atoms with van der Waals surface area (Å²) >= 11 is 0. The van der Waals surface area contributed by atoms with Gasteiger partial charge in [0.05, 0.1) is 5.41 Å². The van der Waals surface area contributed by atoms with E-state index < -0.39 is 5.41 Å². The van der Waals surface area contributed by atoms with Crippen LogP contribution in [0.1, 0.15) is 52.8 Å². The van der Waals surface area contributed by atoms with E-state index in [0.29, 0.717) is 0 Å². The first-order valence-electron chi connectivity index (χ1n) is 20.6. The molecule has 11 rings (SSSR count). The molecule has 0 amide bonds. The van der Waals surface area contributed by atoms with Gasteiger partial charge < -0.3 is 4.90 Å². The summed E-state index contributed by atoms with van der Waals surface area (Å²) in [5.74, 6) is 0. The second kappa shape index (κ2) is 12.8. The topological polar surface area (TPSA) is 3.24 Å². The van der Waals surface area contributed by atoms with Crippen LogP contribution in [0.3, 0.4) is 0 Å². The van der Waals surface area contributed by atoms with Crippen LogP contribution < -0.4 is 4.90 Å². The molecule has 1 nitrogen and oxygen atoms in total. The Morgan fingerprint density at radius 2 is 0.828 bits per heavy atom. The standard InChI is InChI=1S/C54H42B3N/c1-53(2)45-18-7-3-14-39(45)43-28-26-37(31-49(43)53)58(36-24-22-33(23-25-36)34-12-11-13-35(30-34)51(55)52(56)57)38-27-29-44-42-17-6-10-21-48(42)54(50(44)32-38)46-19-8-4-15-40(46)41-16-5-9-20-47(41)54/h3-32H,55-57H2,1-2H3. The summed E-state index contributed by atoms with van der Waals surface area (Å²) in [6, 6.07) is 68.6. The Balaban J connectivity index is 1.12. The van der Waals surface area contributed by atoms with Crippen LogP contribution >= 0.6 is 0 Å². The first-order valence-corrected chi connectivity index (χ1v) is 20.6. The zero-order chi connectivity index (χ0) is 39.3. The van der Waals surface area contributed by atoms with Gasteiger partial charge in [-0.3, -0.25) is 0 Å². The van der Waals surface area contributed by atoms with Crippen molar-refractivity contribution >= 4 is 46.1 Å². The summed E-state index contributed by atoms with van der Waals surface area (Å²) in [5, 5.41) is 1.34. The van der Waals surface area contributed by atoms with E-state index >= 15 is 0 Å². The van der Waals surface area contributed by atoms with E-state index in [2.05, 4.69) is 224 Å². The van der Waals surface area contributed by atoms with E-state index in [1.165, 1.54) is 94.3 Å². The predicted molar refractivity (Wildman–Crippen MR) is 253 cm³/mol. The predicted octanol–water partition coefficient (Wildman–Crippen LogP) is 11.0. The van der Waals surface area contributed by atoms with E-state index in [4.69, 9.17) is 0 Å². The molecule has 0 heterocycles. The number of anilines is 3. The van der Waals surface area contributed by atoms with Crippen molar-refractivity contribution in [3.05, 3.63) is 226 Å². The molecule has 0 unspecified atom stereocenters. The Morgan fingerprint density at radius 1 is 0.379 bits per heavy atom. The highest BCUT2D eigenvalue weighted by Gasteiger charge is 2.51. The summed E-state index contributed by atoms with van der Waals surface area (Å²) < 4.78 is 0. The highest BCUT2D eigenvalue weighted by molar-refractivity contribution is 6.60. The number of hydrogen-bond donors (Lipinski definition) is 0. The fraction of sp³-hybridized carbons (Fsp3) is 0.0741. The number of hydrogen-bond acceptors (Lipinski definition) is 1. The molecule has 0 saturated heterocycles. The zero-order valence-corrected chi connectivity index (χ0v) is 33.8. The third-order valence-electron chi connectivity index (χ3n) is 13.6. The number of fused-ring (bicyclic) bond motifs is 13. The molecule has 0 radical (unpaired) electrons. The molecule has 0 N–H and O–H groups in total. The summed E-state index contributed by atoms with van der Waals surface area (Å²) in [5.41, 5.74) is 24.0. The minimum absolute atomic E-state index is 0.118. The van der Waals surface area contributed by atoms with Crippen molar-refractivity contribution in [3.8, 4) is 44.5 Å². The van der Waals surface area contributed by atoms with Crippen molar-refractivity contribution in [2.24, 2.45) is 0 Å². The molecule has 0 atom stereocenters. The largest absolute Gasteiger partial charge is 0.310 e. The molecule has 3 aliphatic carbocycles. The van der Waals surface area contributed by atoms with Gasteiger partial charge in [0.25, 0.3) is 0 Å². The van der Waals surface area contributed by atoms with E-state index in [-0.39, 0.29) is 5.41 Å². The summed E-state index contributed by atoms with van der Waals surface area (Å²) in [4.78, 5) is 2.48. The molecular weight excluding hydrogens is 695 g/mol. The Bertz CT molecular complexity index is 2960. The molecule has 4 heteroatoms. The summed E-state index contributed by atoms with van der Waals surface area (Å²) in [6.45, 7) is 4.74. The highest BCUT2D eigenvalue weighted by atomic mass is 15.1. The van der Waals surface area contributed by atoms with Gasteiger partial charge in [-0.1, -0.05) is 153 Å². The van der Waals surface area contributed by atoms with Crippen LogP contribution in [-0.4, -0.2) is 23.5 Å². The van der Waals surface area contributed by atoms with Crippen molar-refractivity contribution in [1.29, 1.82) is 0 Å². The van der Waals surface area contributed by atoms with Crippen molar-refractivity contribution in [3.63, 3.8) is 0 Å². The van der Waals surface area contributed by atoms with Crippen molar-refractivity contribution < 1.29 is 0 Å². The second-order valence-corrected chi connectivity index (χ2v) is 17.1. The molecule has 0 aliphatic heterocycles. The van der Waals surface area contributed by atoms with E-state index in [9.17, 15) is 0 Å². The molecule has 0 bridgehead atoms. The minimum Gasteiger partial charge on any atom is -0.310 e. The van der Waals surface area contributed by atoms with Crippen LogP contribution in [0.15, 0.2) is 187 Å². The Labute approximate surface area is 345 Å². The third-order valence-corrected chi connectivity index (χ3v) is 13.6. The normalized spacial score (nSPS) is 14.2. The maximum Gasteiger partial charge on any atom is 0.137 e. The minimum atomic E-state index is -0.416. The molecule has 0 fully saturated rings. The number of rotatable bonds is 5. The Morgan fingerprint density at radius 3 is 1.38 bits per heavy atom. The molecule has 8 aromatic rings. The maximum absolute atomic E-state index is 2.50. The lowest BCUT2D eigenvalue weighted by molar-refractivity contribution is 0.660. The van der Waals surface area contributed by atoms with Crippen LogP contribution in [0.4, 0.5) is 17.1 Å². The lowest BCUT2D eigenvalue weighted by atomic mass is 9.67. The maximum atomic E-state index is 2.50. The molecule has 3 aliphatic rings. The van der Waals surface area contributed by atoms with Crippen molar-refractivity contribution in [1.82, 2.24) is 0 Å². The molecule has 8 aromatic carbocycles. The lowest BCUT2D eigenvalue weighted by Gasteiger charge is -2.32. The van der Waals surface area contributed by atoms with Gasteiger partial charge in [0.15, 0.2) is 0 Å². The molecule has 1 spiro atoms. The van der Waals surface area contributed by atoms with E-state index in [1.54, 1.807) is 0 Å². The average Bonchev–Trinajstić information content (AvgIpc) is 3.82. The van der Waals surface area contributed by atoms with Gasteiger partial charge in [-0.2, -0.15) is 5.37 Å². The number of benzene rings is 8. The Kier molecular flexibility index (Phi) is 7.63.